The van der Waals surface area contributed by atoms with Crippen LogP contribution >= 0.6 is 23.5 Å². The van der Waals surface area contributed by atoms with Crippen molar-refractivity contribution in [3.8, 4) is 12.1 Å². The standard InChI is InChI=1S/C26H12N4S2/c27-13-15-1-5-17(6-2-15)25-29-19-9-12-22-24-20(10-11-21(31-25)23(19)24)30-26(32-22)18-7-3-16(14-28)4-8-18/h1-12H. The van der Waals surface area contributed by atoms with Crippen LogP contribution in [0.2, 0.25) is 0 Å². The predicted molar refractivity (Wildman–Crippen MR) is 130 cm³/mol. The first-order valence-corrected chi connectivity index (χ1v) is 11.5. The van der Waals surface area contributed by atoms with E-state index in [4.69, 9.17) is 20.5 Å². The van der Waals surface area contributed by atoms with Crippen molar-refractivity contribution >= 4 is 55.8 Å². The number of thioether (sulfide) groups is 2. The van der Waals surface area contributed by atoms with Gasteiger partial charge in [0.1, 0.15) is 10.1 Å². The second-order valence-corrected chi connectivity index (χ2v) is 9.39. The Morgan fingerprint density at radius 3 is 1.31 bits per heavy atom. The highest BCUT2D eigenvalue weighted by Gasteiger charge is 2.24. The van der Waals surface area contributed by atoms with Crippen molar-refractivity contribution in [1.82, 2.24) is 0 Å². The highest BCUT2D eigenvalue weighted by Crippen LogP contribution is 2.50. The summed E-state index contributed by atoms with van der Waals surface area (Å²) in [7, 11) is 0. The number of nitrogens with zero attached hydrogens (tertiary/aromatic N) is 4. The van der Waals surface area contributed by atoms with E-state index in [1.54, 1.807) is 23.5 Å². The zero-order valence-corrected chi connectivity index (χ0v) is 18.2. The van der Waals surface area contributed by atoms with Crippen molar-refractivity contribution in [3.05, 3.63) is 95.1 Å². The molecular weight excluding hydrogens is 432 g/mol. The molecule has 0 radical (unpaired) electrons. The largest absolute Gasteiger partial charge is 0.240 e. The molecule has 0 atom stereocenters. The van der Waals surface area contributed by atoms with Gasteiger partial charge in [0.15, 0.2) is 0 Å². The Morgan fingerprint density at radius 1 is 0.531 bits per heavy atom. The van der Waals surface area contributed by atoms with Gasteiger partial charge < -0.3 is 0 Å². The molecular formula is C26H12N4S2. The maximum atomic E-state index is 9.06. The molecule has 0 aliphatic carbocycles. The molecule has 4 aromatic carbocycles. The van der Waals surface area contributed by atoms with Gasteiger partial charge in [0.2, 0.25) is 0 Å². The summed E-state index contributed by atoms with van der Waals surface area (Å²) in [6.07, 6.45) is 0. The van der Waals surface area contributed by atoms with Crippen molar-refractivity contribution in [3.63, 3.8) is 0 Å². The lowest BCUT2D eigenvalue weighted by Gasteiger charge is -2.22. The number of nitriles is 2. The Hall–Kier alpha value is -3.84. The summed E-state index contributed by atoms with van der Waals surface area (Å²) in [4.78, 5) is 12.2. The van der Waals surface area contributed by atoms with Gasteiger partial charge in [0.25, 0.3) is 0 Å². The number of benzene rings is 4. The number of hydrogen-bond acceptors (Lipinski definition) is 6. The lowest BCUT2D eigenvalue weighted by atomic mass is 10.1. The zero-order chi connectivity index (χ0) is 21.7. The van der Waals surface area contributed by atoms with Crippen LogP contribution in [0.5, 0.6) is 0 Å². The van der Waals surface area contributed by atoms with E-state index in [-0.39, 0.29) is 0 Å². The molecule has 2 heterocycles. The molecule has 0 saturated carbocycles. The number of hydrogen-bond donors (Lipinski definition) is 0. The summed E-state index contributed by atoms with van der Waals surface area (Å²) < 4.78 is 0. The molecule has 2 aliphatic rings. The summed E-state index contributed by atoms with van der Waals surface area (Å²) in [6.45, 7) is 0. The fourth-order valence-corrected chi connectivity index (χ4v) is 5.95. The summed E-state index contributed by atoms with van der Waals surface area (Å²) in [6, 6.07) is 27.8. The summed E-state index contributed by atoms with van der Waals surface area (Å²) in [5.41, 5.74) is 5.17. The van der Waals surface area contributed by atoms with Gasteiger partial charge >= 0.3 is 0 Å². The van der Waals surface area contributed by atoms with Gasteiger partial charge in [-0.1, -0.05) is 47.8 Å². The minimum atomic E-state index is 0.641. The fourth-order valence-electron chi connectivity index (χ4n) is 3.85. The van der Waals surface area contributed by atoms with Gasteiger partial charge in [-0.2, -0.15) is 10.5 Å². The molecule has 0 fully saturated rings. The molecule has 6 heteroatoms. The molecule has 2 aliphatic heterocycles. The number of rotatable bonds is 2. The molecule has 0 saturated heterocycles. The van der Waals surface area contributed by atoms with E-state index in [1.165, 1.54) is 0 Å². The summed E-state index contributed by atoms with van der Waals surface area (Å²) >= 11 is 3.30. The topological polar surface area (TPSA) is 72.3 Å². The van der Waals surface area contributed by atoms with Gasteiger partial charge in [0, 0.05) is 31.7 Å². The van der Waals surface area contributed by atoms with Crippen LogP contribution in [-0.4, -0.2) is 10.1 Å². The maximum absolute atomic E-state index is 9.06. The quantitative estimate of drug-likeness (QED) is 0.335. The smallest absolute Gasteiger partial charge is 0.109 e. The van der Waals surface area contributed by atoms with E-state index in [0.29, 0.717) is 11.1 Å². The molecule has 4 aromatic rings. The molecule has 0 aromatic heterocycles. The van der Waals surface area contributed by atoms with E-state index in [2.05, 4.69) is 36.4 Å². The Bertz CT molecular complexity index is 1450. The molecule has 4 nitrogen and oxygen atoms in total. The van der Waals surface area contributed by atoms with Crippen molar-refractivity contribution in [2.45, 2.75) is 9.79 Å². The average molecular weight is 445 g/mol. The van der Waals surface area contributed by atoms with Crippen molar-refractivity contribution < 1.29 is 0 Å². The Labute approximate surface area is 192 Å². The Morgan fingerprint density at radius 2 is 0.938 bits per heavy atom. The van der Waals surface area contributed by atoms with Gasteiger partial charge in [-0.3, -0.25) is 0 Å². The Balaban J connectivity index is 1.46. The van der Waals surface area contributed by atoms with Crippen LogP contribution < -0.4 is 0 Å². The lowest BCUT2D eigenvalue weighted by Crippen LogP contribution is -2.03. The molecule has 32 heavy (non-hydrogen) atoms. The third-order valence-electron chi connectivity index (χ3n) is 5.42. The van der Waals surface area contributed by atoms with Gasteiger partial charge in [-0.15, -0.1) is 0 Å². The fraction of sp³-hybridized carbons (Fsp3) is 0. The van der Waals surface area contributed by atoms with Crippen molar-refractivity contribution in [1.29, 1.82) is 10.5 Å². The first-order valence-electron chi connectivity index (χ1n) is 9.87. The van der Waals surface area contributed by atoms with Crippen LogP contribution in [0.4, 0.5) is 11.4 Å². The lowest BCUT2D eigenvalue weighted by molar-refractivity contribution is 1.39. The molecule has 0 spiro atoms. The Kier molecular flexibility index (Phi) is 4.36. The van der Waals surface area contributed by atoms with Crippen LogP contribution in [-0.2, 0) is 0 Å². The van der Waals surface area contributed by atoms with Gasteiger partial charge in [-0.05, 0) is 48.5 Å². The third kappa shape index (κ3) is 3.01. The first kappa shape index (κ1) is 18.9. The average Bonchev–Trinajstić information content (AvgIpc) is 2.87. The second-order valence-electron chi connectivity index (χ2n) is 7.33. The van der Waals surface area contributed by atoms with Crippen LogP contribution in [0, 0.1) is 22.7 Å². The number of aliphatic imine (C=N–C) groups is 2. The second kappa shape index (κ2) is 7.39. The van der Waals surface area contributed by atoms with E-state index >= 15 is 0 Å². The van der Waals surface area contributed by atoms with Crippen LogP contribution in [0.3, 0.4) is 0 Å². The van der Waals surface area contributed by atoms with E-state index < -0.39 is 0 Å². The highest BCUT2D eigenvalue weighted by atomic mass is 32.2. The summed E-state index contributed by atoms with van der Waals surface area (Å²) in [5.74, 6) is 0. The van der Waals surface area contributed by atoms with Gasteiger partial charge in [-0.25, -0.2) is 9.98 Å². The van der Waals surface area contributed by atoms with Crippen molar-refractivity contribution in [2.75, 3.05) is 0 Å². The predicted octanol–water partition coefficient (Wildman–Crippen LogP) is 6.95. The van der Waals surface area contributed by atoms with Crippen molar-refractivity contribution in [2.24, 2.45) is 9.98 Å². The molecule has 0 bridgehead atoms. The van der Waals surface area contributed by atoms with Crippen LogP contribution in [0.1, 0.15) is 22.3 Å². The van der Waals surface area contributed by atoms with Crippen LogP contribution in [0.15, 0.2) is 92.6 Å². The maximum Gasteiger partial charge on any atom is 0.109 e. The minimum Gasteiger partial charge on any atom is -0.240 e. The first-order chi connectivity index (χ1) is 15.7. The SMILES string of the molecule is N#Cc1ccc(C2=Nc3ccc4c5c(ccc(c35)S2)N=C(c2ccc(C#N)cc2)S4)cc1. The molecule has 0 N–H and O–H groups in total. The monoisotopic (exact) mass is 444 g/mol. The van der Waals surface area contributed by atoms with Crippen LogP contribution in [0.25, 0.3) is 10.8 Å². The third-order valence-corrected chi connectivity index (χ3v) is 7.58. The van der Waals surface area contributed by atoms with E-state index in [9.17, 15) is 0 Å². The highest BCUT2D eigenvalue weighted by molar-refractivity contribution is 8.15. The molecule has 0 unspecified atom stereocenters. The van der Waals surface area contributed by atoms with E-state index in [0.717, 1.165) is 53.2 Å². The molecule has 148 valence electrons. The molecule has 6 rings (SSSR count). The molecule has 0 amide bonds. The normalized spacial score (nSPS) is 13.7. The van der Waals surface area contributed by atoms with E-state index in [1.807, 2.05) is 48.5 Å². The van der Waals surface area contributed by atoms with Gasteiger partial charge in [0.05, 0.1) is 34.6 Å². The minimum absolute atomic E-state index is 0.641. The summed E-state index contributed by atoms with van der Waals surface area (Å²) in [5, 5.41) is 22.2. The zero-order valence-electron chi connectivity index (χ0n) is 16.5.